The van der Waals surface area contributed by atoms with Gasteiger partial charge in [0.25, 0.3) is 0 Å². The van der Waals surface area contributed by atoms with Crippen molar-refractivity contribution in [3.05, 3.63) is 18.7 Å². The maximum atomic E-state index is 10.2. The van der Waals surface area contributed by atoms with Gasteiger partial charge in [-0.1, -0.05) is 0 Å². The maximum absolute atomic E-state index is 10.2. The van der Waals surface area contributed by atoms with Crippen LogP contribution in [-0.2, 0) is 9.63 Å². The lowest BCUT2D eigenvalue weighted by molar-refractivity contribution is -0.141. The van der Waals surface area contributed by atoms with Gasteiger partial charge in [0.2, 0.25) is 5.65 Å². The summed E-state index contributed by atoms with van der Waals surface area (Å²) in [6, 6.07) is 0. The van der Waals surface area contributed by atoms with Crippen LogP contribution in [0, 0.1) is 0 Å². The molecular weight excluding hydrogens is 202 g/mol. The topological polar surface area (TPSA) is 102 Å². The summed E-state index contributed by atoms with van der Waals surface area (Å²) in [6.07, 6.45) is 4.68. The molecule has 8 nitrogen and oxygen atoms in total. The van der Waals surface area contributed by atoms with E-state index in [0.29, 0.717) is 11.5 Å². The fourth-order valence-corrected chi connectivity index (χ4v) is 0.997. The van der Waals surface area contributed by atoms with Gasteiger partial charge >= 0.3 is 5.97 Å². The number of anilines is 1. The third-order valence-electron chi connectivity index (χ3n) is 1.58. The third kappa shape index (κ3) is 1.99. The second kappa shape index (κ2) is 3.88. The number of carbonyl (C=O) groups is 1. The van der Waals surface area contributed by atoms with Gasteiger partial charge in [-0.3, -0.25) is 9.24 Å². The Kier molecular flexibility index (Phi) is 2.42. The summed E-state index contributed by atoms with van der Waals surface area (Å²) in [6.45, 7) is -0.461. The monoisotopic (exact) mass is 209 g/mol. The molecule has 2 heterocycles. The van der Waals surface area contributed by atoms with Gasteiger partial charge in [0, 0.05) is 12.4 Å². The molecule has 2 rings (SSSR count). The van der Waals surface area contributed by atoms with Crippen molar-refractivity contribution in [1.82, 2.24) is 19.6 Å². The lowest BCUT2D eigenvalue weighted by atomic mass is 10.6. The van der Waals surface area contributed by atoms with Crippen molar-refractivity contribution < 1.29 is 14.7 Å². The highest BCUT2D eigenvalue weighted by Gasteiger charge is 2.04. The van der Waals surface area contributed by atoms with E-state index >= 15 is 0 Å². The second-order valence-electron chi connectivity index (χ2n) is 2.62. The molecule has 0 aliphatic carbocycles. The lowest BCUT2D eigenvalue weighted by Gasteiger charge is -2.03. The van der Waals surface area contributed by atoms with Crippen LogP contribution in [0.5, 0.6) is 0 Å². The molecule has 0 fully saturated rings. The highest BCUT2D eigenvalue weighted by Crippen LogP contribution is 2.08. The quantitative estimate of drug-likeness (QED) is 0.657. The first-order valence-corrected chi connectivity index (χ1v) is 4.01. The zero-order valence-corrected chi connectivity index (χ0v) is 7.49. The molecular formula is C7H7N5O3. The first-order valence-electron chi connectivity index (χ1n) is 4.01. The van der Waals surface area contributed by atoms with Crippen molar-refractivity contribution in [2.45, 2.75) is 0 Å². The number of carboxylic acid groups (broad SMARTS) is 1. The van der Waals surface area contributed by atoms with E-state index < -0.39 is 12.6 Å². The van der Waals surface area contributed by atoms with E-state index in [2.05, 4.69) is 25.5 Å². The summed E-state index contributed by atoms with van der Waals surface area (Å²) in [5, 5.41) is 15.8. The van der Waals surface area contributed by atoms with Crippen molar-refractivity contribution in [2.24, 2.45) is 0 Å². The summed E-state index contributed by atoms with van der Waals surface area (Å²) >= 11 is 0. The van der Waals surface area contributed by atoms with Crippen LogP contribution in [-0.4, -0.2) is 37.3 Å². The number of hydrogen-bond acceptors (Lipinski definition) is 6. The average Bonchev–Trinajstić information content (AvgIpc) is 2.65. The molecule has 0 spiro atoms. The normalized spacial score (nSPS) is 10.4. The Morgan fingerprint density at radius 3 is 3.33 bits per heavy atom. The van der Waals surface area contributed by atoms with Gasteiger partial charge in [0.1, 0.15) is 6.33 Å². The van der Waals surface area contributed by atoms with E-state index in [-0.39, 0.29) is 0 Å². The maximum Gasteiger partial charge on any atom is 0.332 e. The van der Waals surface area contributed by atoms with E-state index in [9.17, 15) is 4.79 Å². The standard InChI is InChI=1S/C7H7N5O3/c13-5(14)3-15-11-6-7-10-9-4-12(7)2-1-8-6/h1-2,4H,3H2,(H,8,11)(H,13,14). The van der Waals surface area contributed by atoms with Crippen molar-refractivity contribution in [1.29, 1.82) is 0 Å². The summed E-state index contributed by atoms with van der Waals surface area (Å²) < 4.78 is 1.62. The van der Waals surface area contributed by atoms with Gasteiger partial charge in [0.15, 0.2) is 12.4 Å². The second-order valence-corrected chi connectivity index (χ2v) is 2.62. The molecule has 0 bridgehead atoms. The Morgan fingerprint density at radius 1 is 1.67 bits per heavy atom. The van der Waals surface area contributed by atoms with E-state index in [1.165, 1.54) is 12.5 Å². The molecule has 0 saturated carbocycles. The van der Waals surface area contributed by atoms with Crippen LogP contribution in [0.15, 0.2) is 18.7 Å². The molecule has 0 saturated heterocycles. The molecule has 15 heavy (non-hydrogen) atoms. The van der Waals surface area contributed by atoms with E-state index in [0.717, 1.165) is 0 Å². The first-order chi connectivity index (χ1) is 7.27. The number of rotatable bonds is 4. The van der Waals surface area contributed by atoms with Crippen LogP contribution in [0.3, 0.4) is 0 Å². The molecule has 0 amide bonds. The van der Waals surface area contributed by atoms with Crippen LogP contribution in [0.25, 0.3) is 5.65 Å². The Balaban J connectivity index is 2.13. The van der Waals surface area contributed by atoms with Crippen LogP contribution >= 0.6 is 0 Å². The fourth-order valence-electron chi connectivity index (χ4n) is 0.997. The van der Waals surface area contributed by atoms with Crippen LogP contribution in [0.4, 0.5) is 5.82 Å². The average molecular weight is 209 g/mol. The fraction of sp³-hybridized carbons (Fsp3) is 0.143. The zero-order valence-electron chi connectivity index (χ0n) is 7.49. The number of aliphatic carboxylic acids is 1. The van der Waals surface area contributed by atoms with Crippen molar-refractivity contribution in [3.8, 4) is 0 Å². The smallest absolute Gasteiger partial charge is 0.332 e. The van der Waals surface area contributed by atoms with Crippen molar-refractivity contribution in [2.75, 3.05) is 12.1 Å². The summed E-state index contributed by atoms with van der Waals surface area (Å²) in [5.41, 5.74) is 2.85. The Labute approximate surface area is 83.5 Å². The number of aromatic nitrogens is 4. The molecule has 78 valence electrons. The first kappa shape index (κ1) is 9.34. The lowest BCUT2D eigenvalue weighted by Crippen LogP contribution is -2.12. The van der Waals surface area contributed by atoms with E-state index in [1.54, 1.807) is 10.6 Å². The Morgan fingerprint density at radius 2 is 2.53 bits per heavy atom. The minimum absolute atomic E-state index is 0.316. The molecule has 0 radical (unpaired) electrons. The summed E-state index contributed by atoms with van der Waals surface area (Å²) in [4.78, 5) is 18.8. The number of nitrogens with one attached hydrogen (secondary N) is 1. The zero-order chi connectivity index (χ0) is 10.7. The molecule has 0 atom stereocenters. The Bertz CT molecular complexity index is 482. The van der Waals surface area contributed by atoms with Gasteiger partial charge in [0.05, 0.1) is 0 Å². The van der Waals surface area contributed by atoms with Gasteiger partial charge in [-0.25, -0.2) is 15.3 Å². The summed E-state index contributed by atoms with van der Waals surface area (Å²) in [5.74, 6) is -0.757. The molecule has 2 N–H and O–H groups in total. The molecule has 2 aromatic heterocycles. The largest absolute Gasteiger partial charge is 0.479 e. The predicted molar refractivity (Wildman–Crippen MR) is 48.0 cm³/mol. The molecule has 0 unspecified atom stereocenters. The molecule has 0 aliphatic rings. The summed E-state index contributed by atoms with van der Waals surface area (Å²) in [7, 11) is 0. The van der Waals surface area contributed by atoms with Gasteiger partial charge in [-0.2, -0.15) is 0 Å². The van der Waals surface area contributed by atoms with Gasteiger partial charge < -0.3 is 5.11 Å². The highest BCUT2D eigenvalue weighted by molar-refractivity contribution is 5.68. The minimum atomic E-state index is -1.07. The van der Waals surface area contributed by atoms with Crippen LogP contribution in [0.2, 0.25) is 0 Å². The van der Waals surface area contributed by atoms with Gasteiger partial charge in [-0.15, -0.1) is 10.2 Å². The van der Waals surface area contributed by atoms with E-state index in [4.69, 9.17) is 5.11 Å². The third-order valence-corrected chi connectivity index (χ3v) is 1.58. The molecule has 0 aliphatic heterocycles. The number of nitrogens with zero attached hydrogens (tertiary/aromatic N) is 4. The number of fused-ring (bicyclic) bond motifs is 1. The molecule has 8 heteroatoms. The number of carboxylic acids is 1. The molecule has 2 aromatic rings. The van der Waals surface area contributed by atoms with E-state index in [1.807, 2.05) is 0 Å². The van der Waals surface area contributed by atoms with Crippen molar-refractivity contribution >= 4 is 17.4 Å². The van der Waals surface area contributed by atoms with Crippen LogP contribution in [0.1, 0.15) is 0 Å². The van der Waals surface area contributed by atoms with Gasteiger partial charge in [-0.05, 0) is 0 Å². The highest BCUT2D eigenvalue weighted by atomic mass is 16.7. The SMILES string of the molecule is O=C(O)CONc1nccn2cnnc12. The van der Waals surface area contributed by atoms with Crippen LogP contribution < -0.4 is 5.48 Å². The molecule has 0 aromatic carbocycles. The minimum Gasteiger partial charge on any atom is -0.479 e. The number of hydrogen-bond donors (Lipinski definition) is 2. The Hall–Kier alpha value is -2.22. The van der Waals surface area contributed by atoms with Crippen molar-refractivity contribution in [3.63, 3.8) is 0 Å². The predicted octanol–water partition coefficient (Wildman–Crippen LogP) is -0.448.